The van der Waals surface area contributed by atoms with Gasteiger partial charge in [0, 0.05) is 93.9 Å². The minimum absolute atomic E-state index is 0. The second-order valence-electron chi connectivity index (χ2n) is 25.2. The lowest BCUT2D eigenvalue weighted by Gasteiger charge is -2.19. The van der Waals surface area contributed by atoms with Gasteiger partial charge in [0.2, 0.25) is 0 Å². The number of anilines is 4. The van der Waals surface area contributed by atoms with Crippen molar-refractivity contribution in [2.75, 3.05) is 34.4 Å². The smallest absolute Gasteiger partial charge is 0.190 e. The van der Waals surface area contributed by atoms with E-state index >= 15 is 0 Å². The molecule has 0 aliphatic heterocycles. The molecule has 120 heavy (non-hydrogen) atoms. The Kier molecular flexibility index (Phi) is 35.0. The maximum Gasteiger partial charge on any atom is 0.190 e. The zero-order valence-corrected chi connectivity index (χ0v) is 59.0. The van der Waals surface area contributed by atoms with Gasteiger partial charge >= 0.3 is 0 Å². The van der Waals surface area contributed by atoms with E-state index in [-0.39, 0.29) is 116 Å². The first-order chi connectivity index (χ1) is 54.2. The van der Waals surface area contributed by atoms with Gasteiger partial charge < -0.3 is 20.9 Å². The Bertz CT molecular complexity index is 6320. The fourth-order valence-electron chi connectivity index (χ4n) is 12.4. The first kappa shape index (κ1) is 96.3. The van der Waals surface area contributed by atoms with Gasteiger partial charge in [0.1, 0.15) is 81.4 Å². The first-order valence-corrected chi connectivity index (χ1v) is 34.6. The minimum atomic E-state index is -0.857. The van der Waals surface area contributed by atoms with Gasteiger partial charge in [-0.25, -0.2) is 62.0 Å². The van der Waals surface area contributed by atoms with Crippen LogP contribution in [-0.4, -0.2) is 52.0 Å². The molecule has 0 spiro atoms. The molecule has 3 N–H and O–H groups in total. The van der Waals surface area contributed by atoms with E-state index in [1.54, 1.807) is 36.4 Å². The van der Waals surface area contributed by atoms with Crippen LogP contribution in [0.3, 0.4) is 0 Å². The highest BCUT2D eigenvalue weighted by atomic mass is 19.2. The fourth-order valence-corrected chi connectivity index (χ4v) is 12.4. The predicted octanol–water partition coefficient (Wildman–Crippen LogP) is 22.4. The SMILES string of the molecule is C.C.C.C.C.C.C.C.CN(Cc1ccccc1)c1ccc2c(-c3c(F)cccc3F)c(=O)ccn2n1.O=c1ccn2nc(NCCc3ccccc3)ccc2c1-c1c(F)cccc1F.O=c1ccn2nc(NCc3ccc(F)cc3F)ccc2c1-c1c(F)cccc1F.O=c1ccn2nc(NCc3ccccc3)ccc2c1-c1c(F)cccc1F. The van der Waals surface area contributed by atoms with Crippen molar-refractivity contribution in [3.63, 3.8) is 0 Å². The summed E-state index contributed by atoms with van der Waals surface area (Å²) in [6.07, 6.45) is 6.66. The van der Waals surface area contributed by atoms with Crippen LogP contribution < -0.4 is 42.6 Å². The highest BCUT2D eigenvalue weighted by Gasteiger charge is 2.23. The van der Waals surface area contributed by atoms with Gasteiger partial charge in [0.15, 0.2) is 21.7 Å². The molecule has 624 valence electrons. The standard InChI is InChI=1S/2C22H17F2N3O.C21H13F4N3O.C21H15F2N3O.8CH4/c1-26(14-15-6-3-2-4-7-15)20-11-10-18-22(19(28)12-13-27(18)25-20)21-16(23)8-5-9-17(21)24;23-16-7-4-8-17(24)21(16)22-18-9-10-20(26-27(18)14-12-19(22)28)25-13-11-15-5-2-1-3-6-15;22-13-5-4-12(16(25)10-13)11-26-19-7-6-17-21(18(29)8-9-28(17)27-19)20-14(23)2-1-3-15(20)24;22-15-7-4-8-16(23)20(15)21-17-9-10-19(25-26(17)12-11-18(21)27)24-13-14-5-2-1-3-6-14;;;;;;;;/h2-13H,14H2,1H3;1-10,12,14H,11,13H2,(H,25,26);1-10H,11H2,(H,26,27);1-12H,13H2,(H,24,25);8*1H4. The van der Waals surface area contributed by atoms with Crippen molar-refractivity contribution in [2.45, 2.75) is 85.5 Å². The van der Waals surface area contributed by atoms with Crippen LogP contribution in [0.2, 0.25) is 0 Å². The molecule has 0 aliphatic carbocycles. The van der Waals surface area contributed by atoms with Crippen LogP contribution in [0.4, 0.5) is 67.2 Å². The fraction of sp³-hybridized carbons (Fsp3) is 0.149. The molecule has 16 nitrogen and oxygen atoms in total. The lowest BCUT2D eigenvalue weighted by atomic mass is 10.0. The largest absolute Gasteiger partial charge is 0.368 e. The topological polar surface area (TPSA) is 177 Å². The maximum absolute atomic E-state index is 14.3. The number of hydrogen-bond donors (Lipinski definition) is 3. The average Bonchev–Trinajstić information content (AvgIpc) is 0.781. The highest BCUT2D eigenvalue weighted by Crippen LogP contribution is 2.32. The van der Waals surface area contributed by atoms with Crippen molar-refractivity contribution >= 4 is 45.3 Å². The van der Waals surface area contributed by atoms with Gasteiger partial charge in [-0.1, -0.05) is 181 Å². The molecule has 0 unspecified atom stereocenters. The number of nitrogens with zero attached hydrogens (tertiary/aromatic N) is 9. The third-order valence-electron chi connectivity index (χ3n) is 17.8. The van der Waals surface area contributed by atoms with E-state index in [0.29, 0.717) is 59.5 Å². The molecule has 0 radical (unpaired) electrons. The Balaban J connectivity index is 0.000000279. The lowest BCUT2D eigenvalue weighted by molar-refractivity contribution is 0.574. The van der Waals surface area contributed by atoms with Crippen molar-refractivity contribution in [1.29, 1.82) is 0 Å². The van der Waals surface area contributed by atoms with E-state index in [1.165, 1.54) is 109 Å². The predicted molar refractivity (Wildman–Crippen MR) is 466 cm³/mol. The third-order valence-corrected chi connectivity index (χ3v) is 17.8. The van der Waals surface area contributed by atoms with Crippen molar-refractivity contribution < 1.29 is 43.9 Å². The number of aromatic nitrogens is 8. The van der Waals surface area contributed by atoms with E-state index < -0.39 is 85.5 Å². The summed E-state index contributed by atoms with van der Waals surface area (Å²) in [7, 11) is 1.90. The summed E-state index contributed by atoms with van der Waals surface area (Å²) < 4.78 is 146. The molecule has 0 bridgehead atoms. The summed E-state index contributed by atoms with van der Waals surface area (Å²) in [5.74, 6) is -5.61. The summed E-state index contributed by atoms with van der Waals surface area (Å²) in [5.41, 5.74) is 1.23. The number of halogens is 10. The molecule has 26 heteroatoms. The van der Waals surface area contributed by atoms with Crippen LogP contribution in [0.15, 0.2) is 299 Å². The van der Waals surface area contributed by atoms with Crippen LogP contribution in [0.5, 0.6) is 0 Å². The molecular formula is C94H94F10N12O4. The van der Waals surface area contributed by atoms with E-state index in [0.717, 1.165) is 84.3 Å². The normalized spacial score (nSPS) is 10.2. The molecule has 0 atom stereocenters. The molecule has 0 fully saturated rings. The number of fused-ring (bicyclic) bond motifs is 4. The van der Waals surface area contributed by atoms with Gasteiger partial charge in [0.25, 0.3) is 0 Å². The molecule has 0 saturated carbocycles. The molecule has 16 aromatic rings. The number of benzene rings is 8. The minimum Gasteiger partial charge on any atom is -0.368 e. The lowest BCUT2D eigenvalue weighted by Crippen LogP contribution is -2.19. The van der Waals surface area contributed by atoms with Crippen LogP contribution >= 0.6 is 0 Å². The molecule has 8 heterocycles. The first-order valence-electron chi connectivity index (χ1n) is 34.6. The molecule has 0 amide bonds. The summed E-state index contributed by atoms with van der Waals surface area (Å²) in [5, 5.41) is 26.9. The Labute approximate surface area is 689 Å². The zero-order valence-electron chi connectivity index (χ0n) is 59.0. The Hall–Kier alpha value is -14.3. The van der Waals surface area contributed by atoms with Crippen molar-refractivity contribution in [2.24, 2.45) is 0 Å². The number of pyridine rings is 4. The third kappa shape index (κ3) is 22.1. The van der Waals surface area contributed by atoms with Crippen LogP contribution in [-0.2, 0) is 26.1 Å². The molecule has 0 aliphatic rings. The second-order valence-corrected chi connectivity index (χ2v) is 25.2. The van der Waals surface area contributed by atoms with Crippen LogP contribution in [0.1, 0.15) is 81.7 Å². The summed E-state index contributed by atoms with van der Waals surface area (Å²) in [6, 6.07) is 65.0. The average molecular weight is 1650 g/mol. The highest BCUT2D eigenvalue weighted by molar-refractivity contribution is 5.84. The van der Waals surface area contributed by atoms with E-state index in [4.69, 9.17) is 0 Å². The van der Waals surface area contributed by atoms with Crippen molar-refractivity contribution in [3.05, 3.63) is 401 Å². The molecule has 16 rings (SSSR count). The number of rotatable bonds is 17. The van der Waals surface area contributed by atoms with Gasteiger partial charge in [-0.2, -0.15) is 20.4 Å². The van der Waals surface area contributed by atoms with E-state index in [9.17, 15) is 63.1 Å². The van der Waals surface area contributed by atoms with Gasteiger partial charge in [-0.05, 0) is 126 Å². The van der Waals surface area contributed by atoms with Crippen LogP contribution in [0, 0.1) is 58.2 Å². The Morgan fingerprint density at radius 3 is 0.950 bits per heavy atom. The van der Waals surface area contributed by atoms with E-state index in [2.05, 4.69) is 48.5 Å². The van der Waals surface area contributed by atoms with Gasteiger partial charge in [-0.15, -0.1) is 0 Å². The van der Waals surface area contributed by atoms with Crippen molar-refractivity contribution in [1.82, 2.24) is 38.5 Å². The Morgan fingerprint density at radius 1 is 0.292 bits per heavy atom. The summed E-state index contributed by atoms with van der Waals surface area (Å²) >= 11 is 0. The summed E-state index contributed by atoms with van der Waals surface area (Å²) in [6.45, 7) is 1.94. The molecule has 8 aromatic carbocycles. The molecular weight excluding hydrogens is 1550 g/mol. The maximum atomic E-state index is 14.3. The van der Waals surface area contributed by atoms with E-state index in [1.807, 2.05) is 90.8 Å². The van der Waals surface area contributed by atoms with Crippen molar-refractivity contribution in [3.8, 4) is 44.5 Å². The molecule has 0 saturated heterocycles. The quantitative estimate of drug-likeness (QED) is 0.0737. The molecule has 8 aromatic heterocycles. The Morgan fingerprint density at radius 2 is 0.600 bits per heavy atom. The number of hydrogen-bond acceptors (Lipinski definition) is 12. The monoisotopic (exact) mass is 1640 g/mol. The van der Waals surface area contributed by atoms with Gasteiger partial charge in [-0.3, -0.25) is 19.2 Å². The van der Waals surface area contributed by atoms with Gasteiger partial charge in [0.05, 0.1) is 66.6 Å². The second kappa shape index (κ2) is 43.6. The van der Waals surface area contributed by atoms with Crippen LogP contribution in [0.25, 0.3) is 66.6 Å². The summed E-state index contributed by atoms with van der Waals surface area (Å²) in [4.78, 5) is 51.4. The zero-order chi connectivity index (χ0) is 78.5. The number of nitrogens with one attached hydrogen (secondary N) is 3.